The van der Waals surface area contributed by atoms with Gasteiger partial charge in [-0.05, 0) is 18.9 Å². The predicted molar refractivity (Wildman–Crippen MR) is 83.3 cm³/mol. The van der Waals surface area contributed by atoms with Gasteiger partial charge in [0.05, 0.1) is 26.1 Å². The van der Waals surface area contributed by atoms with Gasteiger partial charge in [-0.15, -0.1) is 0 Å². The molecule has 1 saturated heterocycles. The number of piperidine rings is 1. The molecular weight excluding hydrogens is 280 g/mol. The number of pyridine rings is 1. The molecule has 0 N–H and O–H groups in total. The molecular formula is C16H20N4O2. The van der Waals surface area contributed by atoms with Gasteiger partial charge in [0.25, 0.3) is 0 Å². The summed E-state index contributed by atoms with van der Waals surface area (Å²) in [5.41, 5.74) is 0. The first kappa shape index (κ1) is 14.6. The van der Waals surface area contributed by atoms with Gasteiger partial charge in [0.15, 0.2) is 5.75 Å². The highest BCUT2D eigenvalue weighted by Crippen LogP contribution is 2.21. The Morgan fingerprint density at radius 2 is 2.09 bits per heavy atom. The molecule has 0 aliphatic carbocycles. The highest BCUT2D eigenvalue weighted by Gasteiger charge is 2.22. The van der Waals surface area contributed by atoms with Crippen molar-refractivity contribution in [3.8, 4) is 11.6 Å². The minimum Gasteiger partial charge on any atom is -0.494 e. The number of nitrogens with zero attached hydrogens (tertiary/aromatic N) is 4. The highest BCUT2D eigenvalue weighted by molar-refractivity contribution is 5.32. The summed E-state index contributed by atoms with van der Waals surface area (Å²) >= 11 is 0. The number of ether oxygens (including phenoxy) is 2. The van der Waals surface area contributed by atoms with Gasteiger partial charge in [-0.25, -0.2) is 15.0 Å². The van der Waals surface area contributed by atoms with Crippen molar-refractivity contribution in [3.63, 3.8) is 0 Å². The standard InChI is InChI=1S/C16H20N4O2/c1-21-14-9-18-16(19-10-14)20-8-4-5-13(11-20)12-22-15-6-2-3-7-17-15/h2-3,6-7,9-10,13H,4-5,8,11-12H2,1H3. The minimum absolute atomic E-state index is 0.460. The van der Waals surface area contributed by atoms with E-state index in [1.165, 1.54) is 0 Å². The summed E-state index contributed by atoms with van der Waals surface area (Å²) in [6, 6.07) is 5.70. The Bertz CT molecular complexity index is 576. The van der Waals surface area contributed by atoms with Crippen molar-refractivity contribution in [1.82, 2.24) is 15.0 Å². The van der Waals surface area contributed by atoms with Crippen LogP contribution in [0.2, 0.25) is 0 Å². The van der Waals surface area contributed by atoms with Crippen LogP contribution in [0.5, 0.6) is 11.6 Å². The third kappa shape index (κ3) is 3.63. The van der Waals surface area contributed by atoms with E-state index in [-0.39, 0.29) is 0 Å². The molecule has 116 valence electrons. The van der Waals surface area contributed by atoms with Gasteiger partial charge in [-0.3, -0.25) is 0 Å². The molecule has 1 atom stereocenters. The van der Waals surface area contributed by atoms with Crippen LogP contribution in [0.1, 0.15) is 12.8 Å². The van der Waals surface area contributed by atoms with Crippen molar-refractivity contribution in [1.29, 1.82) is 0 Å². The van der Waals surface area contributed by atoms with E-state index in [2.05, 4.69) is 19.9 Å². The van der Waals surface area contributed by atoms with Crippen molar-refractivity contribution in [2.24, 2.45) is 5.92 Å². The Labute approximate surface area is 130 Å². The van der Waals surface area contributed by atoms with E-state index in [0.29, 0.717) is 24.2 Å². The van der Waals surface area contributed by atoms with Crippen LogP contribution in [0.25, 0.3) is 0 Å². The lowest BCUT2D eigenvalue weighted by Gasteiger charge is -2.32. The molecule has 0 amide bonds. The van der Waals surface area contributed by atoms with Crippen LogP contribution in [0, 0.1) is 5.92 Å². The Morgan fingerprint density at radius 1 is 1.23 bits per heavy atom. The molecule has 2 aromatic heterocycles. The molecule has 0 spiro atoms. The van der Waals surface area contributed by atoms with Crippen LogP contribution in [0.15, 0.2) is 36.8 Å². The Hall–Kier alpha value is -2.37. The fourth-order valence-corrected chi connectivity index (χ4v) is 2.60. The molecule has 1 aliphatic rings. The Morgan fingerprint density at radius 3 is 2.82 bits per heavy atom. The first-order valence-electron chi connectivity index (χ1n) is 7.50. The van der Waals surface area contributed by atoms with E-state index >= 15 is 0 Å². The molecule has 3 heterocycles. The maximum Gasteiger partial charge on any atom is 0.225 e. The number of rotatable bonds is 5. The average Bonchev–Trinajstić information content (AvgIpc) is 2.61. The van der Waals surface area contributed by atoms with Gasteiger partial charge in [-0.2, -0.15) is 0 Å². The summed E-state index contributed by atoms with van der Waals surface area (Å²) in [4.78, 5) is 15.1. The Kier molecular flexibility index (Phi) is 4.68. The van der Waals surface area contributed by atoms with Crippen LogP contribution in [0.3, 0.4) is 0 Å². The van der Waals surface area contributed by atoms with Crippen molar-refractivity contribution in [2.75, 3.05) is 31.7 Å². The van der Waals surface area contributed by atoms with E-state index < -0.39 is 0 Å². The SMILES string of the molecule is COc1cnc(N2CCCC(COc3ccccn3)C2)nc1. The fraction of sp³-hybridized carbons (Fsp3) is 0.438. The van der Waals surface area contributed by atoms with Gasteiger partial charge in [0.2, 0.25) is 11.8 Å². The molecule has 3 rings (SSSR count). The number of methoxy groups -OCH3 is 1. The molecule has 6 nitrogen and oxygen atoms in total. The fourth-order valence-electron chi connectivity index (χ4n) is 2.60. The second-order valence-electron chi connectivity index (χ2n) is 5.36. The quantitative estimate of drug-likeness (QED) is 0.843. The van der Waals surface area contributed by atoms with Gasteiger partial charge in [0.1, 0.15) is 0 Å². The zero-order valence-corrected chi connectivity index (χ0v) is 12.7. The lowest BCUT2D eigenvalue weighted by atomic mass is 9.99. The molecule has 1 fully saturated rings. The molecule has 0 saturated carbocycles. The van der Waals surface area contributed by atoms with Gasteiger partial charge in [0, 0.05) is 31.3 Å². The van der Waals surface area contributed by atoms with Crippen LogP contribution in [0.4, 0.5) is 5.95 Å². The van der Waals surface area contributed by atoms with E-state index in [9.17, 15) is 0 Å². The first-order valence-corrected chi connectivity index (χ1v) is 7.50. The molecule has 6 heteroatoms. The number of hydrogen-bond acceptors (Lipinski definition) is 6. The summed E-state index contributed by atoms with van der Waals surface area (Å²) in [5.74, 6) is 2.57. The van der Waals surface area contributed by atoms with Crippen molar-refractivity contribution in [3.05, 3.63) is 36.8 Å². The van der Waals surface area contributed by atoms with Crippen LogP contribution in [-0.4, -0.2) is 41.8 Å². The van der Waals surface area contributed by atoms with E-state index in [1.807, 2.05) is 18.2 Å². The second kappa shape index (κ2) is 7.06. The normalized spacial score (nSPS) is 18.0. The highest BCUT2D eigenvalue weighted by atomic mass is 16.5. The number of aromatic nitrogens is 3. The third-order valence-corrected chi connectivity index (χ3v) is 3.76. The van der Waals surface area contributed by atoms with Crippen molar-refractivity contribution >= 4 is 5.95 Å². The molecule has 0 radical (unpaired) electrons. The summed E-state index contributed by atoms with van der Waals surface area (Å²) < 4.78 is 10.9. The summed E-state index contributed by atoms with van der Waals surface area (Å²) in [6.45, 7) is 2.55. The molecule has 1 unspecified atom stereocenters. The number of hydrogen-bond donors (Lipinski definition) is 0. The molecule has 22 heavy (non-hydrogen) atoms. The van der Waals surface area contributed by atoms with E-state index in [1.54, 1.807) is 25.7 Å². The van der Waals surface area contributed by atoms with Gasteiger partial charge >= 0.3 is 0 Å². The smallest absolute Gasteiger partial charge is 0.225 e. The summed E-state index contributed by atoms with van der Waals surface area (Å²) in [6.07, 6.45) is 7.42. The second-order valence-corrected chi connectivity index (χ2v) is 5.36. The molecule has 2 aromatic rings. The number of anilines is 1. The minimum atomic E-state index is 0.460. The summed E-state index contributed by atoms with van der Waals surface area (Å²) in [7, 11) is 1.62. The average molecular weight is 300 g/mol. The maximum absolute atomic E-state index is 5.77. The monoisotopic (exact) mass is 300 g/mol. The zero-order valence-electron chi connectivity index (χ0n) is 12.7. The third-order valence-electron chi connectivity index (χ3n) is 3.76. The lowest BCUT2D eigenvalue weighted by molar-refractivity contribution is 0.221. The van der Waals surface area contributed by atoms with Gasteiger partial charge < -0.3 is 14.4 Å². The topological polar surface area (TPSA) is 60.4 Å². The first-order chi connectivity index (χ1) is 10.8. The lowest BCUT2D eigenvalue weighted by Crippen LogP contribution is -2.38. The van der Waals surface area contributed by atoms with Crippen molar-refractivity contribution < 1.29 is 9.47 Å². The van der Waals surface area contributed by atoms with Crippen LogP contribution >= 0.6 is 0 Å². The van der Waals surface area contributed by atoms with Crippen LogP contribution < -0.4 is 14.4 Å². The summed E-state index contributed by atoms with van der Waals surface area (Å²) in [5, 5.41) is 0. The Balaban J connectivity index is 1.56. The zero-order chi connectivity index (χ0) is 15.2. The largest absolute Gasteiger partial charge is 0.494 e. The van der Waals surface area contributed by atoms with E-state index in [0.717, 1.165) is 31.9 Å². The van der Waals surface area contributed by atoms with E-state index in [4.69, 9.17) is 9.47 Å². The molecule has 0 bridgehead atoms. The molecule has 0 aromatic carbocycles. The predicted octanol–water partition coefficient (Wildman–Crippen LogP) is 2.18. The maximum atomic E-state index is 5.77. The van der Waals surface area contributed by atoms with Crippen molar-refractivity contribution in [2.45, 2.75) is 12.8 Å². The van der Waals surface area contributed by atoms with Gasteiger partial charge in [-0.1, -0.05) is 6.07 Å². The van der Waals surface area contributed by atoms with Crippen LogP contribution in [-0.2, 0) is 0 Å². The molecule has 1 aliphatic heterocycles.